The minimum atomic E-state index is -3.49. The lowest BCUT2D eigenvalue weighted by molar-refractivity contribution is -0.143. The van der Waals surface area contributed by atoms with E-state index in [1.165, 1.54) is 0 Å². The third kappa shape index (κ3) is 8.18. The Bertz CT molecular complexity index is 353. The molecule has 0 heterocycles. The third-order valence-corrected chi connectivity index (χ3v) is 4.05. The first kappa shape index (κ1) is 18.3. The van der Waals surface area contributed by atoms with E-state index in [9.17, 15) is 13.2 Å². The largest absolute Gasteiger partial charge is 0.465 e. The van der Waals surface area contributed by atoms with Crippen LogP contribution < -0.4 is 0 Å². The van der Waals surface area contributed by atoms with Crippen LogP contribution in [0.1, 0.15) is 34.1 Å². The summed E-state index contributed by atoms with van der Waals surface area (Å²) in [5.74, 6) is -0.644. The Balaban J connectivity index is 4.52. The maximum absolute atomic E-state index is 12.1. The molecule has 0 rings (SSSR count). The van der Waals surface area contributed by atoms with Gasteiger partial charge in [-0.2, -0.15) is 4.31 Å². The smallest absolute Gasteiger partial charge is 0.321 e. The quantitative estimate of drug-likeness (QED) is 0.563. The molecule has 7 heteroatoms. The highest BCUT2D eigenvalue weighted by molar-refractivity contribution is 7.89. The van der Waals surface area contributed by atoms with Crippen molar-refractivity contribution in [3.8, 4) is 0 Å². The molecule has 0 N–H and O–H groups in total. The number of hydrogen-bond donors (Lipinski definition) is 0. The van der Waals surface area contributed by atoms with Crippen molar-refractivity contribution in [1.29, 1.82) is 0 Å². The number of hydrogen-bond acceptors (Lipinski definition) is 5. The molecule has 0 aliphatic rings. The van der Waals surface area contributed by atoms with E-state index >= 15 is 0 Å². The number of carbonyl (C=O) groups excluding carboxylic acids is 1. The number of nitrogens with zero attached hydrogens (tertiary/aromatic N) is 1. The Hall–Kier alpha value is -0.660. The monoisotopic (exact) mass is 295 g/mol. The van der Waals surface area contributed by atoms with Crippen LogP contribution in [0.3, 0.4) is 0 Å². The highest BCUT2D eigenvalue weighted by Gasteiger charge is 2.24. The molecule has 19 heavy (non-hydrogen) atoms. The van der Waals surface area contributed by atoms with E-state index in [1.807, 2.05) is 20.8 Å². The van der Waals surface area contributed by atoms with Gasteiger partial charge in [-0.25, -0.2) is 8.42 Å². The van der Waals surface area contributed by atoms with Gasteiger partial charge in [-0.3, -0.25) is 4.79 Å². The zero-order valence-corrected chi connectivity index (χ0v) is 13.0. The van der Waals surface area contributed by atoms with Gasteiger partial charge in [0.15, 0.2) is 0 Å². The molecule has 0 aromatic rings. The van der Waals surface area contributed by atoms with E-state index in [0.29, 0.717) is 13.0 Å². The van der Waals surface area contributed by atoms with Crippen LogP contribution in [-0.2, 0) is 24.3 Å². The Kier molecular flexibility index (Phi) is 8.95. The molecule has 0 fully saturated rings. The zero-order chi connectivity index (χ0) is 14.9. The number of sulfonamides is 1. The summed E-state index contributed by atoms with van der Waals surface area (Å²) < 4.78 is 35.3. The van der Waals surface area contributed by atoms with Crippen LogP contribution in [-0.4, -0.2) is 56.9 Å². The van der Waals surface area contributed by atoms with Crippen LogP contribution in [0.4, 0.5) is 0 Å². The molecule has 0 spiro atoms. The van der Waals surface area contributed by atoms with Crippen LogP contribution in [0.25, 0.3) is 0 Å². The summed E-state index contributed by atoms with van der Waals surface area (Å²) in [6.07, 6.45) is 0.629. The third-order valence-electron chi connectivity index (χ3n) is 2.27. The number of carbonyl (C=O) groups is 1. The SMILES string of the molecule is CCCN(CC(=O)OCC)S(=O)(=O)CCOC(C)C. The van der Waals surface area contributed by atoms with Gasteiger partial charge < -0.3 is 9.47 Å². The highest BCUT2D eigenvalue weighted by Crippen LogP contribution is 2.04. The molecule has 114 valence electrons. The van der Waals surface area contributed by atoms with Gasteiger partial charge in [0.05, 0.1) is 25.1 Å². The summed E-state index contributed by atoms with van der Waals surface area (Å²) in [6.45, 7) is 7.68. The molecule has 0 aliphatic carbocycles. The predicted molar refractivity (Wildman–Crippen MR) is 73.4 cm³/mol. The van der Waals surface area contributed by atoms with Gasteiger partial charge >= 0.3 is 5.97 Å². The Morgan fingerprint density at radius 2 is 1.89 bits per heavy atom. The first-order chi connectivity index (χ1) is 8.83. The first-order valence-electron chi connectivity index (χ1n) is 6.58. The van der Waals surface area contributed by atoms with Crippen LogP contribution in [0.2, 0.25) is 0 Å². The molecule has 6 nitrogen and oxygen atoms in total. The van der Waals surface area contributed by atoms with Gasteiger partial charge in [0.1, 0.15) is 6.54 Å². The maximum Gasteiger partial charge on any atom is 0.321 e. The summed E-state index contributed by atoms with van der Waals surface area (Å²) in [7, 11) is -3.49. The van der Waals surface area contributed by atoms with Crippen molar-refractivity contribution in [2.75, 3.05) is 32.1 Å². The first-order valence-corrected chi connectivity index (χ1v) is 8.19. The number of rotatable bonds is 10. The van der Waals surface area contributed by atoms with Crippen molar-refractivity contribution in [1.82, 2.24) is 4.31 Å². The Morgan fingerprint density at radius 3 is 2.37 bits per heavy atom. The fourth-order valence-corrected chi connectivity index (χ4v) is 2.76. The summed E-state index contributed by atoms with van der Waals surface area (Å²) in [5.41, 5.74) is 0. The van der Waals surface area contributed by atoms with Gasteiger partial charge in [0.25, 0.3) is 0 Å². The van der Waals surface area contributed by atoms with Crippen molar-refractivity contribution < 1.29 is 22.7 Å². The molecule has 0 aliphatic heterocycles. The average Bonchev–Trinajstić information content (AvgIpc) is 2.28. The lowest BCUT2D eigenvalue weighted by atomic mass is 10.5. The summed E-state index contributed by atoms with van der Waals surface area (Å²) in [4.78, 5) is 11.4. The van der Waals surface area contributed by atoms with E-state index in [0.717, 1.165) is 4.31 Å². The summed E-state index contributed by atoms with van der Waals surface area (Å²) >= 11 is 0. The fraction of sp³-hybridized carbons (Fsp3) is 0.917. The summed E-state index contributed by atoms with van der Waals surface area (Å²) in [5, 5.41) is 0. The molecule has 0 amide bonds. The van der Waals surface area contributed by atoms with E-state index in [1.54, 1.807) is 6.92 Å². The molecule has 0 bridgehead atoms. The van der Waals surface area contributed by atoms with Gasteiger partial charge in [-0.1, -0.05) is 6.92 Å². The zero-order valence-electron chi connectivity index (χ0n) is 12.2. The molecule has 0 aromatic heterocycles. The Morgan fingerprint density at radius 1 is 1.26 bits per heavy atom. The minimum Gasteiger partial charge on any atom is -0.465 e. The second-order valence-corrected chi connectivity index (χ2v) is 6.46. The van der Waals surface area contributed by atoms with Crippen LogP contribution in [0.5, 0.6) is 0 Å². The molecule has 0 saturated heterocycles. The van der Waals surface area contributed by atoms with Crippen molar-refractivity contribution in [2.24, 2.45) is 0 Å². The van der Waals surface area contributed by atoms with Crippen molar-refractivity contribution >= 4 is 16.0 Å². The molecular formula is C12H25NO5S. The molecule has 0 aromatic carbocycles. The van der Waals surface area contributed by atoms with Crippen molar-refractivity contribution in [2.45, 2.75) is 40.2 Å². The Labute approximate surface area is 116 Å². The van der Waals surface area contributed by atoms with Gasteiger partial charge in [0, 0.05) is 6.54 Å². The minimum absolute atomic E-state index is 0.0140. The van der Waals surface area contributed by atoms with Gasteiger partial charge in [0.2, 0.25) is 10.0 Å². The normalized spacial score (nSPS) is 12.1. The summed E-state index contributed by atoms with van der Waals surface area (Å²) in [6, 6.07) is 0. The van der Waals surface area contributed by atoms with Crippen LogP contribution in [0, 0.1) is 0 Å². The van der Waals surface area contributed by atoms with E-state index in [4.69, 9.17) is 9.47 Å². The number of esters is 1. The van der Waals surface area contributed by atoms with Crippen LogP contribution in [0.15, 0.2) is 0 Å². The van der Waals surface area contributed by atoms with E-state index in [-0.39, 0.29) is 31.6 Å². The second-order valence-electron chi connectivity index (χ2n) is 4.37. The van der Waals surface area contributed by atoms with E-state index < -0.39 is 16.0 Å². The lowest BCUT2D eigenvalue weighted by Crippen LogP contribution is -2.39. The molecule has 0 unspecified atom stereocenters. The fourth-order valence-electron chi connectivity index (χ4n) is 1.43. The maximum atomic E-state index is 12.1. The molecule has 0 saturated carbocycles. The van der Waals surface area contributed by atoms with Crippen molar-refractivity contribution in [3.63, 3.8) is 0 Å². The lowest BCUT2D eigenvalue weighted by Gasteiger charge is -2.20. The molecule has 0 atom stereocenters. The average molecular weight is 295 g/mol. The van der Waals surface area contributed by atoms with Gasteiger partial charge in [-0.05, 0) is 27.2 Å². The number of ether oxygens (including phenoxy) is 2. The predicted octanol–water partition coefficient (Wildman–Crippen LogP) is 1.02. The highest BCUT2D eigenvalue weighted by atomic mass is 32.2. The second kappa shape index (κ2) is 9.28. The molecular weight excluding hydrogens is 270 g/mol. The van der Waals surface area contributed by atoms with Crippen LogP contribution >= 0.6 is 0 Å². The van der Waals surface area contributed by atoms with Gasteiger partial charge in [-0.15, -0.1) is 0 Å². The standard InChI is InChI=1S/C12H25NO5S/c1-5-7-13(10-12(14)17-6-2)19(15,16)9-8-18-11(3)4/h11H,5-10H2,1-4H3. The molecule has 0 radical (unpaired) electrons. The van der Waals surface area contributed by atoms with Crippen molar-refractivity contribution in [3.05, 3.63) is 0 Å². The topological polar surface area (TPSA) is 72.9 Å². The van der Waals surface area contributed by atoms with E-state index in [2.05, 4.69) is 0 Å².